The minimum Gasteiger partial charge on any atom is -0.358 e. The van der Waals surface area contributed by atoms with Crippen LogP contribution in [0.4, 0.5) is 0 Å². The van der Waals surface area contributed by atoms with Gasteiger partial charge in [-0.15, -0.1) is 0 Å². The molecule has 1 aliphatic carbocycles. The van der Waals surface area contributed by atoms with Gasteiger partial charge in [0.1, 0.15) is 0 Å². The van der Waals surface area contributed by atoms with Crippen LogP contribution in [-0.2, 0) is 12.8 Å². The number of fused-ring (bicyclic) bond motifs is 3. The second kappa shape index (κ2) is 6.40. The van der Waals surface area contributed by atoms with Crippen molar-refractivity contribution in [3.05, 3.63) is 68.8 Å². The van der Waals surface area contributed by atoms with E-state index < -0.39 is 0 Å². The van der Waals surface area contributed by atoms with Crippen LogP contribution in [0.2, 0.25) is 10.0 Å². The molecule has 0 saturated heterocycles. The van der Waals surface area contributed by atoms with E-state index in [1.807, 2.05) is 0 Å². The fourth-order valence-electron chi connectivity index (χ4n) is 3.60. The minimum atomic E-state index is -0.173. The summed E-state index contributed by atoms with van der Waals surface area (Å²) in [7, 11) is 0. The van der Waals surface area contributed by atoms with Crippen molar-refractivity contribution in [1.82, 2.24) is 10.3 Å². The largest absolute Gasteiger partial charge is 0.358 e. The Hall–Kier alpha value is -1.97. The number of nitrogens with one attached hydrogen (secondary N) is 2. The molecule has 1 amide bonds. The Kier molecular flexibility index (Phi) is 4.22. The number of benzene rings is 2. The molecule has 1 aromatic heterocycles. The number of carbonyl (C=O) groups is 1. The molecule has 1 aliphatic rings. The Morgan fingerprint density at radius 1 is 1.20 bits per heavy atom. The van der Waals surface area contributed by atoms with Gasteiger partial charge in [0.05, 0.1) is 10.6 Å². The van der Waals surface area contributed by atoms with E-state index in [9.17, 15) is 4.79 Å². The molecule has 0 aliphatic heterocycles. The van der Waals surface area contributed by atoms with Crippen LogP contribution < -0.4 is 5.32 Å². The summed E-state index contributed by atoms with van der Waals surface area (Å²) in [5.41, 5.74) is 5.45. The minimum absolute atomic E-state index is 0.0872. The number of H-pyrrole nitrogens is 1. The van der Waals surface area contributed by atoms with Gasteiger partial charge in [-0.2, -0.15) is 0 Å². The number of aromatic nitrogens is 1. The van der Waals surface area contributed by atoms with Crippen molar-refractivity contribution in [3.63, 3.8) is 0 Å². The number of aryl methyl sites for hydroxylation is 2. The Labute approximate surface area is 156 Å². The summed E-state index contributed by atoms with van der Waals surface area (Å²) in [6.07, 6.45) is 2.66. The van der Waals surface area contributed by atoms with Gasteiger partial charge >= 0.3 is 0 Å². The summed E-state index contributed by atoms with van der Waals surface area (Å²) < 4.78 is 0. The third-order valence-corrected chi connectivity index (χ3v) is 5.42. The molecule has 1 heterocycles. The molecule has 0 saturated carbocycles. The predicted molar refractivity (Wildman–Crippen MR) is 103 cm³/mol. The van der Waals surface area contributed by atoms with Gasteiger partial charge in [-0.1, -0.05) is 34.8 Å². The molecule has 0 spiro atoms. The van der Waals surface area contributed by atoms with Crippen molar-refractivity contribution in [2.45, 2.75) is 32.2 Å². The fourth-order valence-corrected chi connectivity index (χ4v) is 3.98. The number of carbonyl (C=O) groups excluding carboxylic acids is 1. The third kappa shape index (κ3) is 3.14. The fraction of sp³-hybridized carbons (Fsp3) is 0.250. The van der Waals surface area contributed by atoms with Crippen molar-refractivity contribution >= 4 is 40.0 Å². The SMILES string of the molecule is Cc1ccc2[nH]c3c(c2c1)CCC(NC(=O)c1cc(Cl)ccc1Cl)C3. The van der Waals surface area contributed by atoms with Crippen molar-refractivity contribution < 1.29 is 4.79 Å². The summed E-state index contributed by atoms with van der Waals surface area (Å²) in [5, 5.41) is 5.32. The molecule has 0 fully saturated rings. The van der Waals surface area contributed by atoms with E-state index in [2.05, 4.69) is 35.4 Å². The van der Waals surface area contributed by atoms with Gasteiger partial charge in [0, 0.05) is 34.1 Å². The lowest BCUT2D eigenvalue weighted by molar-refractivity contribution is 0.0933. The summed E-state index contributed by atoms with van der Waals surface area (Å²) in [4.78, 5) is 16.1. The first kappa shape index (κ1) is 16.5. The van der Waals surface area contributed by atoms with Crippen molar-refractivity contribution in [1.29, 1.82) is 0 Å². The standard InChI is InChI=1S/C20H18Cl2N2O/c1-11-2-7-18-15(8-11)14-5-4-13(10-19(14)24-18)23-20(25)16-9-12(21)3-6-17(16)22/h2-3,6-9,13,24H,4-5,10H2,1H3,(H,23,25). The topological polar surface area (TPSA) is 44.9 Å². The number of rotatable bonds is 2. The molecule has 4 rings (SSSR count). The Morgan fingerprint density at radius 2 is 2.04 bits per heavy atom. The van der Waals surface area contributed by atoms with E-state index in [1.54, 1.807) is 18.2 Å². The Morgan fingerprint density at radius 3 is 2.88 bits per heavy atom. The normalized spacial score (nSPS) is 16.7. The van der Waals surface area contributed by atoms with E-state index in [-0.39, 0.29) is 11.9 Å². The molecule has 5 heteroatoms. The van der Waals surface area contributed by atoms with Gasteiger partial charge in [0.25, 0.3) is 5.91 Å². The first-order chi connectivity index (χ1) is 12.0. The van der Waals surface area contributed by atoms with E-state index >= 15 is 0 Å². The van der Waals surface area contributed by atoms with Gasteiger partial charge in [-0.3, -0.25) is 4.79 Å². The number of amides is 1. The highest BCUT2D eigenvalue weighted by Gasteiger charge is 2.24. The molecule has 2 N–H and O–H groups in total. The Bertz CT molecular complexity index is 977. The third-order valence-electron chi connectivity index (χ3n) is 4.85. The van der Waals surface area contributed by atoms with Crippen LogP contribution in [0.1, 0.15) is 33.6 Å². The lowest BCUT2D eigenvalue weighted by atomic mass is 9.91. The first-order valence-electron chi connectivity index (χ1n) is 8.37. The van der Waals surface area contributed by atoms with Crippen LogP contribution in [-0.4, -0.2) is 16.9 Å². The highest BCUT2D eigenvalue weighted by atomic mass is 35.5. The van der Waals surface area contributed by atoms with E-state index in [0.29, 0.717) is 15.6 Å². The maximum absolute atomic E-state index is 12.6. The highest BCUT2D eigenvalue weighted by Crippen LogP contribution is 2.30. The maximum Gasteiger partial charge on any atom is 0.253 e. The van der Waals surface area contributed by atoms with Gasteiger partial charge in [0.2, 0.25) is 0 Å². The second-order valence-corrected chi connectivity index (χ2v) is 7.51. The van der Waals surface area contributed by atoms with Crippen LogP contribution in [0.3, 0.4) is 0 Å². The van der Waals surface area contributed by atoms with Crippen LogP contribution in [0.25, 0.3) is 10.9 Å². The molecule has 0 bridgehead atoms. The first-order valence-corrected chi connectivity index (χ1v) is 9.13. The summed E-state index contributed by atoms with van der Waals surface area (Å²) in [6, 6.07) is 11.5. The number of aromatic amines is 1. The van der Waals surface area contributed by atoms with Gasteiger partial charge in [-0.25, -0.2) is 0 Å². The quantitative estimate of drug-likeness (QED) is 0.647. The second-order valence-electron chi connectivity index (χ2n) is 6.67. The van der Waals surface area contributed by atoms with Crippen LogP contribution in [0, 0.1) is 6.92 Å². The van der Waals surface area contributed by atoms with Crippen molar-refractivity contribution in [3.8, 4) is 0 Å². The lowest BCUT2D eigenvalue weighted by Gasteiger charge is -2.23. The zero-order valence-electron chi connectivity index (χ0n) is 13.8. The predicted octanol–water partition coefficient (Wildman–Crippen LogP) is 5.07. The van der Waals surface area contributed by atoms with Gasteiger partial charge in [0.15, 0.2) is 0 Å². The molecule has 1 atom stereocenters. The number of halogens is 2. The molecule has 128 valence electrons. The average molecular weight is 373 g/mol. The molecule has 1 unspecified atom stereocenters. The molecule has 25 heavy (non-hydrogen) atoms. The number of hydrogen-bond donors (Lipinski definition) is 2. The van der Waals surface area contributed by atoms with Crippen molar-refractivity contribution in [2.75, 3.05) is 0 Å². The number of hydrogen-bond acceptors (Lipinski definition) is 1. The molecular formula is C20H18Cl2N2O. The Balaban J connectivity index is 1.55. The summed E-state index contributed by atoms with van der Waals surface area (Å²) in [5.74, 6) is -0.173. The zero-order valence-corrected chi connectivity index (χ0v) is 15.3. The summed E-state index contributed by atoms with van der Waals surface area (Å²) in [6.45, 7) is 2.11. The van der Waals surface area contributed by atoms with E-state index in [0.717, 1.165) is 19.3 Å². The maximum atomic E-state index is 12.6. The van der Waals surface area contributed by atoms with Gasteiger partial charge in [-0.05, 0) is 55.7 Å². The van der Waals surface area contributed by atoms with Gasteiger partial charge < -0.3 is 10.3 Å². The van der Waals surface area contributed by atoms with Crippen LogP contribution in [0.15, 0.2) is 36.4 Å². The highest BCUT2D eigenvalue weighted by molar-refractivity contribution is 6.35. The molecule has 0 radical (unpaired) electrons. The lowest BCUT2D eigenvalue weighted by Crippen LogP contribution is -2.38. The molecular weight excluding hydrogens is 355 g/mol. The van der Waals surface area contributed by atoms with Crippen LogP contribution >= 0.6 is 23.2 Å². The molecule has 2 aromatic carbocycles. The van der Waals surface area contributed by atoms with Crippen molar-refractivity contribution in [2.24, 2.45) is 0 Å². The monoisotopic (exact) mass is 372 g/mol. The van der Waals surface area contributed by atoms with Crippen LogP contribution in [0.5, 0.6) is 0 Å². The summed E-state index contributed by atoms with van der Waals surface area (Å²) >= 11 is 12.1. The van der Waals surface area contributed by atoms with E-state index in [1.165, 1.54) is 27.7 Å². The zero-order chi connectivity index (χ0) is 17.6. The van der Waals surface area contributed by atoms with E-state index in [4.69, 9.17) is 23.2 Å². The average Bonchev–Trinajstić information content (AvgIpc) is 2.94. The molecule has 3 aromatic rings. The molecule has 3 nitrogen and oxygen atoms in total. The smallest absolute Gasteiger partial charge is 0.253 e.